The van der Waals surface area contributed by atoms with Crippen LogP contribution in [0.1, 0.15) is 36.6 Å². The fourth-order valence-electron chi connectivity index (χ4n) is 3.75. The molecule has 0 saturated carbocycles. The Morgan fingerprint density at radius 1 is 1.16 bits per heavy atom. The minimum absolute atomic E-state index is 0.0125. The maximum Gasteiger partial charge on any atom is 0.252 e. The molecule has 2 aromatic rings. The van der Waals surface area contributed by atoms with Gasteiger partial charge in [-0.3, -0.25) is 14.4 Å². The van der Waals surface area contributed by atoms with Gasteiger partial charge in [0.25, 0.3) is 5.91 Å². The lowest BCUT2D eigenvalue weighted by atomic mass is 9.98. The van der Waals surface area contributed by atoms with E-state index in [0.29, 0.717) is 17.2 Å². The molecule has 3 atom stereocenters. The average molecular weight is 447 g/mol. The summed E-state index contributed by atoms with van der Waals surface area (Å²) in [5.74, 6) is -3.46. The number of benzene rings is 2. The Bertz CT molecular complexity index is 1010. The van der Waals surface area contributed by atoms with E-state index in [1.54, 1.807) is 31.2 Å². The van der Waals surface area contributed by atoms with Crippen molar-refractivity contribution in [2.75, 3.05) is 6.54 Å². The van der Waals surface area contributed by atoms with Crippen LogP contribution in [-0.4, -0.2) is 41.5 Å². The molecule has 2 N–H and O–H groups in total. The largest absolute Gasteiger partial charge is 0.344 e. The highest BCUT2D eigenvalue weighted by Gasteiger charge is 2.36. The standard InChI is InChI=1S/C23H24F3N3O3/c1-3-29-19(26)11-15-6-4-5-7-18(15)21(23(29)32)28-22(31)13(2)27-20(30)10-14-8-16(24)12-17(25)9-14/h4-9,12-13,19,21H,3,10-11H2,1-2H3,(H,27,30)(H,28,31)/t13-,19?,21-/m0/s1. The molecule has 1 aliphatic heterocycles. The molecular formula is C23H24F3N3O3. The first kappa shape index (κ1) is 23.3. The van der Waals surface area contributed by atoms with Crippen molar-refractivity contribution < 1.29 is 27.6 Å². The zero-order valence-corrected chi connectivity index (χ0v) is 17.7. The molecule has 1 aliphatic rings. The third-order valence-electron chi connectivity index (χ3n) is 5.31. The summed E-state index contributed by atoms with van der Waals surface area (Å²) >= 11 is 0. The summed E-state index contributed by atoms with van der Waals surface area (Å²) in [4.78, 5) is 39.0. The first-order valence-electron chi connectivity index (χ1n) is 10.3. The first-order chi connectivity index (χ1) is 15.2. The Morgan fingerprint density at radius 3 is 2.47 bits per heavy atom. The molecule has 6 nitrogen and oxygen atoms in total. The van der Waals surface area contributed by atoms with Crippen molar-refractivity contribution in [1.82, 2.24) is 15.5 Å². The summed E-state index contributed by atoms with van der Waals surface area (Å²) < 4.78 is 41.2. The van der Waals surface area contributed by atoms with Gasteiger partial charge in [0.15, 0.2) is 6.30 Å². The third-order valence-corrected chi connectivity index (χ3v) is 5.31. The van der Waals surface area contributed by atoms with Crippen LogP contribution in [-0.2, 0) is 27.2 Å². The maximum absolute atomic E-state index is 14.6. The SMILES string of the molecule is CCN1C(=O)[C@@H](NC(=O)[C@H](C)NC(=O)Cc2cc(F)cc(F)c2)c2ccccc2CC1F. The number of fused-ring (bicyclic) bond motifs is 1. The molecule has 0 spiro atoms. The summed E-state index contributed by atoms with van der Waals surface area (Å²) in [5.41, 5.74) is 1.23. The van der Waals surface area contributed by atoms with Crippen LogP contribution in [0.3, 0.4) is 0 Å². The van der Waals surface area contributed by atoms with Gasteiger partial charge in [0.2, 0.25) is 11.8 Å². The number of nitrogens with zero attached hydrogens (tertiary/aromatic N) is 1. The van der Waals surface area contributed by atoms with Crippen LogP contribution in [0.15, 0.2) is 42.5 Å². The van der Waals surface area contributed by atoms with E-state index in [0.717, 1.165) is 17.0 Å². The number of carbonyl (C=O) groups is 3. The quantitative estimate of drug-likeness (QED) is 0.669. The molecule has 2 aromatic carbocycles. The molecule has 170 valence electrons. The summed E-state index contributed by atoms with van der Waals surface area (Å²) in [7, 11) is 0. The number of amides is 3. The van der Waals surface area contributed by atoms with Gasteiger partial charge in [-0.2, -0.15) is 0 Å². The minimum atomic E-state index is -1.51. The Labute approximate surface area is 183 Å². The Hall–Kier alpha value is -3.36. The van der Waals surface area contributed by atoms with E-state index in [1.165, 1.54) is 6.92 Å². The van der Waals surface area contributed by atoms with Gasteiger partial charge < -0.3 is 15.5 Å². The zero-order chi connectivity index (χ0) is 23.4. The van der Waals surface area contributed by atoms with Crippen LogP contribution < -0.4 is 10.6 Å². The molecule has 0 radical (unpaired) electrons. The van der Waals surface area contributed by atoms with Crippen LogP contribution in [0.5, 0.6) is 0 Å². The smallest absolute Gasteiger partial charge is 0.252 e. The third kappa shape index (κ3) is 5.27. The second kappa shape index (κ2) is 9.84. The Kier molecular flexibility index (Phi) is 7.17. The van der Waals surface area contributed by atoms with E-state index in [-0.39, 0.29) is 24.9 Å². The van der Waals surface area contributed by atoms with E-state index in [1.807, 2.05) is 0 Å². The number of rotatable bonds is 6. The van der Waals surface area contributed by atoms with Crippen molar-refractivity contribution in [3.8, 4) is 0 Å². The minimum Gasteiger partial charge on any atom is -0.344 e. The van der Waals surface area contributed by atoms with Gasteiger partial charge in [0, 0.05) is 19.0 Å². The lowest BCUT2D eigenvalue weighted by Gasteiger charge is -2.27. The normalized spacial score (nSPS) is 19.0. The van der Waals surface area contributed by atoms with Gasteiger partial charge in [-0.05, 0) is 42.7 Å². The van der Waals surface area contributed by atoms with Gasteiger partial charge in [-0.1, -0.05) is 24.3 Å². The van der Waals surface area contributed by atoms with Crippen molar-refractivity contribution in [3.05, 3.63) is 70.8 Å². The Balaban J connectivity index is 1.71. The van der Waals surface area contributed by atoms with Gasteiger partial charge in [-0.25, -0.2) is 13.2 Å². The highest BCUT2D eigenvalue weighted by molar-refractivity contribution is 5.93. The summed E-state index contributed by atoms with van der Waals surface area (Å²) in [6, 6.07) is 7.40. The van der Waals surface area contributed by atoms with E-state index < -0.39 is 47.7 Å². The van der Waals surface area contributed by atoms with Crippen molar-refractivity contribution in [2.24, 2.45) is 0 Å². The second-order valence-corrected chi connectivity index (χ2v) is 7.65. The number of hydrogen-bond donors (Lipinski definition) is 2. The number of carbonyl (C=O) groups excluding carboxylic acids is 3. The van der Waals surface area contributed by atoms with Crippen molar-refractivity contribution in [1.29, 1.82) is 0 Å². The second-order valence-electron chi connectivity index (χ2n) is 7.65. The van der Waals surface area contributed by atoms with Crippen molar-refractivity contribution >= 4 is 17.7 Å². The molecule has 0 saturated heterocycles. The van der Waals surface area contributed by atoms with Gasteiger partial charge in [0.05, 0.1) is 6.42 Å². The molecule has 1 heterocycles. The molecular weight excluding hydrogens is 423 g/mol. The molecule has 32 heavy (non-hydrogen) atoms. The molecule has 3 amide bonds. The molecule has 0 bridgehead atoms. The van der Waals surface area contributed by atoms with E-state index in [9.17, 15) is 27.6 Å². The zero-order valence-electron chi connectivity index (χ0n) is 17.7. The highest BCUT2D eigenvalue weighted by Crippen LogP contribution is 2.28. The number of nitrogens with one attached hydrogen (secondary N) is 2. The lowest BCUT2D eigenvalue weighted by Crippen LogP contribution is -2.50. The van der Waals surface area contributed by atoms with Crippen LogP contribution >= 0.6 is 0 Å². The van der Waals surface area contributed by atoms with Gasteiger partial charge in [-0.15, -0.1) is 0 Å². The summed E-state index contributed by atoms with van der Waals surface area (Å²) in [6.07, 6.45) is -1.83. The van der Waals surface area contributed by atoms with E-state index in [2.05, 4.69) is 10.6 Å². The molecule has 9 heteroatoms. The first-order valence-corrected chi connectivity index (χ1v) is 10.3. The van der Waals surface area contributed by atoms with Crippen LogP contribution in [0.4, 0.5) is 13.2 Å². The predicted molar refractivity (Wildman–Crippen MR) is 111 cm³/mol. The molecule has 0 fully saturated rings. The molecule has 1 unspecified atom stereocenters. The predicted octanol–water partition coefficient (Wildman–Crippen LogP) is 2.57. The van der Waals surface area contributed by atoms with Crippen molar-refractivity contribution in [2.45, 2.75) is 45.1 Å². The summed E-state index contributed by atoms with van der Waals surface area (Å²) in [5, 5.41) is 5.06. The number of alkyl halides is 1. The highest BCUT2D eigenvalue weighted by atomic mass is 19.1. The molecule has 3 rings (SSSR count). The number of likely N-dealkylation sites (N-methyl/N-ethyl adjacent to an activating group) is 1. The lowest BCUT2D eigenvalue weighted by molar-refractivity contribution is -0.141. The molecule has 0 aromatic heterocycles. The fourth-order valence-corrected chi connectivity index (χ4v) is 3.75. The molecule has 0 aliphatic carbocycles. The fraction of sp³-hybridized carbons (Fsp3) is 0.348. The topological polar surface area (TPSA) is 78.5 Å². The monoisotopic (exact) mass is 447 g/mol. The van der Waals surface area contributed by atoms with E-state index >= 15 is 0 Å². The number of halogens is 3. The number of hydrogen-bond acceptors (Lipinski definition) is 3. The average Bonchev–Trinajstić information content (AvgIpc) is 2.81. The van der Waals surface area contributed by atoms with Gasteiger partial charge in [0.1, 0.15) is 23.7 Å². The Morgan fingerprint density at radius 2 is 1.81 bits per heavy atom. The maximum atomic E-state index is 14.6. The summed E-state index contributed by atoms with van der Waals surface area (Å²) in [6.45, 7) is 3.20. The van der Waals surface area contributed by atoms with E-state index in [4.69, 9.17) is 0 Å². The van der Waals surface area contributed by atoms with Crippen LogP contribution in [0.25, 0.3) is 0 Å². The van der Waals surface area contributed by atoms with Gasteiger partial charge >= 0.3 is 0 Å². The van der Waals surface area contributed by atoms with Crippen LogP contribution in [0.2, 0.25) is 0 Å². The van der Waals surface area contributed by atoms with Crippen LogP contribution in [0, 0.1) is 11.6 Å². The van der Waals surface area contributed by atoms with Crippen molar-refractivity contribution in [3.63, 3.8) is 0 Å².